The predicted molar refractivity (Wildman–Crippen MR) is 90.1 cm³/mol. The van der Waals surface area contributed by atoms with Crippen molar-refractivity contribution in [1.29, 1.82) is 0 Å². The van der Waals surface area contributed by atoms with E-state index in [9.17, 15) is 4.79 Å². The van der Waals surface area contributed by atoms with E-state index in [0.717, 1.165) is 45.2 Å². The highest BCUT2D eigenvalue weighted by Gasteiger charge is 2.44. The summed E-state index contributed by atoms with van der Waals surface area (Å²) in [5.41, 5.74) is -0.125. The maximum Gasteiger partial charge on any atom is 0.153 e. The van der Waals surface area contributed by atoms with Gasteiger partial charge in [0.25, 0.3) is 0 Å². The Morgan fingerprint density at radius 2 is 1.68 bits per heavy atom. The van der Waals surface area contributed by atoms with Crippen LogP contribution in [0.15, 0.2) is 0 Å². The predicted octanol–water partition coefficient (Wildman–Crippen LogP) is 2.57. The number of rotatable bonds is 5. The smallest absolute Gasteiger partial charge is 0.153 e. The van der Waals surface area contributed by atoms with E-state index in [2.05, 4.69) is 30.6 Å². The van der Waals surface area contributed by atoms with Gasteiger partial charge in [0, 0.05) is 25.7 Å². The average Bonchev–Trinajstić information content (AvgIpc) is 2.47. The third kappa shape index (κ3) is 3.72. The number of hydrogen-bond donors (Lipinski definition) is 0. The first-order valence-corrected chi connectivity index (χ1v) is 8.82. The van der Waals surface area contributed by atoms with Crippen LogP contribution in [0.3, 0.4) is 0 Å². The van der Waals surface area contributed by atoms with Gasteiger partial charge in [-0.05, 0) is 72.1 Å². The number of likely N-dealkylation sites (N-methyl/N-ethyl adjacent to an activating group) is 1. The van der Waals surface area contributed by atoms with Gasteiger partial charge in [0.05, 0.1) is 5.54 Å². The summed E-state index contributed by atoms with van der Waals surface area (Å²) in [4.78, 5) is 17.8. The highest BCUT2D eigenvalue weighted by Crippen LogP contribution is 2.39. The molecule has 2 heterocycles. The lowest BCUT2D eigenvalue weighted by Crippen LogP contribution is -2.56. The van der Waals surface area contributed by atoms with Crippen LogP contribution in [0.5, 0.6) is 0 Å². The van der Waals surface area contributed by atoms with Crippen LogP contribution in [0.25, 0.3) is 0 Å². The third-order valence-corrected chi connectivity index (χ3v) is 6.02. The summed E-state index contributed by atoms with van der Waals surface area (Å²) in [7, 11) is 4.10. The van der Waals surface area contributed by atoms with E-state index < -0.39 is 0 Å². The van der Waals surface area contributed by atoms with Crippen molar-refractivity contribution in [3.63, 3.8) is 0 Å². The number of ether oxygens (including phenoxy) is 1. The van der Waals surface area contributed by atoms with Gasteiger partial charge in [-0.1, -0.05) is 6.92 Å². The Hall–Kier alpha value is -0.450. The van der Waals surface area contributed by atoms with Crippen molar-refractivity contribution in [2.45, 2.75) is 64.5 Å². The van der Waals surface area contributed by atoms with Crippen molar-refractivity contribution < 1.29 is 9.53 Å². The van der Waals surface area contributed by atoms with Crippen molar-refractivity contribution in [1.82, 2.24) is 9.80 Å². The van der Waals surface area contributed by atoms with Gasteiger partial charge < -0.3 is 9.64 Å². The molecule has 0 bridgehead atoms. The SMILES string of the molecule is CC(C)N1CCC(C)(CC(=O)C2(N(C)C)CCOCC2)CC1. The number of likely N-dealkylation sites (tertiary alicyclic amines) is 1. The zero-order valence-corrected chi connectivity index (χ0v) is 15.2. The van der Waals surface area contributed by atoms with Crippen LogP contribution in [0, 0.1) is 5.41 Å². The maximum atomic E-state index is 13.1. The standard InChI is InChI=1S/C18H34N2O2/c1-15(2)20-10-6-17(3,7-11-20)14-16(21)18(19(4)5)8-12-22-13-9-18/h15H,6-14H2,1-5H3. The van der Waals surface area contributed by atoms with Crippen LogP contribution in [-0.2, 0) is 9.53 Å². The molecule has 0 radical (unpaired) electrons. The highest BCUT2D eigenvalue weighted by atomic mass is 16.5. The fourth-order valence-electron chi connectivity index (χ4n) is 3.99. The quantitative estimate of drug-likeness (QED) is 0.781. The van der Waals surface area contributed by atoms with Crippen molar-refractivity contribution in [3.8, 4) is 0 Å². The second-order valence-corrected chi connectivity index (χ2v) is 8.08. The Kier molecular flexibility index (Phi) is 5.68. The van der Waals surface area contributed by atoms with E-state index in [4.69, 9.17) is 4.74 Å². The number of hydrogen-bond acceptors (Lipinski definition) is 4. The minimum atomic E-state index is -0.295. The largest absolute Gasteiger partial charge is 0.381 e. The van der Waals surface area contributed by atoms with Gasteiger partial charge in [-0.2, -0.15) is 0 Å². The van der Waals surface area contributed by atoms with E-state index in [1.807, 2.05) is 14.1 Å². The van der Waals surface area contributed by atoms with Crippen LogP contribution in [0.2, 0.25) is 0 Å². The zero-order chi connectivity index (χ0) is 16.4. The highest BCUT2D eigenvalue weighted by molar-refractivity contribution is 5.89. The lowest BCUT2D eigenvalue weighted by Gasteiger charge is -2.45. The molecule has 2 rings (SSSR count). The van der Waals surface area contributed by atoms with Crippen LogP contribution in [0.1, 0.15) is 52.9 Å². The molecule has 2 aliphatic rings. The summed E-state index contributed by atoms with van der Waals surface area (Å²) in [6, 6.07) is 0.615. The molecule has 0 saturated carbocycles. The van der Waals surface area contributed by atoms with Crippen molar-refractivity contribution in [3.05, 3.63) is 0 Å². The molecule has 128 valence electrons. The number of nitrogens with zero attached hydrogens (tertiary/aromatic N) is 2. The molecule has 2 aliphatic heterocycles. The molecule has 2 fully saturated rings. The summed E-state index contributed by atoms with van der Waals surface area (Å²) >= 11 is 0. The Labute approximate surface area is 136 Å². The number of carbonyl (C=O) groups is 1. The maximum absolute atomic E-state index is 13.1. The second kappa shape index (κ2) is 6.98. The van der Waals surface area contributed by atoms with Crippen molar-refractivity contribution >= 4 is 5.78 Å². The van der Waals surface area contributed by atoms with Crippen LogP contribution in [0.4, 0.5) is 0 Å². The molecular weight excluding hydrogens is 276 g/mol. The van der Waals surface area contributed by atoms with E-state index in [-0.39, 0.29) is 11.0 Å². The summed E-state index contributed by atoms with van der Waals surface area (Å²) in [5.74, 6) is 0.432. The zero-order valence-electron chi connectivity index (χ0n) is 15.2. The van der Waals surface area contributed by atoms with Gasteiger partial charge in [0.15, 0.2) is 5.78 Å². The third-order valence-electron chi connectivity index (χ3n) is 6.02. The minimum Gasteiger partial charge on any atom is -0.381 e. The monoisotopic (exact) mass is 310 g/mol. The number of ketones is 1. The Balaban J connectivity index is 2.01. The van der Waals surface area contributed by atoms with Crippen LogP contribution < -0.4 is 0 Å². The summed E-state index contributed by atoms with van der Waals surface area (Å²) in [6.07, 6.45) is 4.67. The molecule has 0 amide bonds. The molecule has 22 heavy (non-hydrogen) atoms. The molecule has 4 heteroatoms. The minimum absolute atomic E-state index is 0.170. The van der Waals surface area contributed by atoms with Crippen LogP contribution in [-0.4, -0.2) is 67.6 Å². The summed E-state index contributed by atoms with van der Waals surface area (Å²) in [5, 5.41) is 0. The van der Waals surface area contributed by atoms with Gasteiger partial charge in [-0.3, -0.25) is 9.69 Å². The molecule has 0 atom stereocenters. The van der Waals surface area contributed by atoms with Crippen molar-refractivity contribution in [2.24, 2.45) is 5.41 Å². The first-order valence-electron chi connectivity index (χ1n) is 8.82. The number of Topliss-reactive ketones (excluding diaryl/α,β-unsaturated/α-hetero) is 1. The van der Waals surface area contributed by atoms with Gasteiger partial charge in [-0.25, -0.2) is 0 Å². The normalized spacial score (nSPS) is 25.6. The molecule has 4 nitrogen and oxygen atoms in total. The fourth-order valence-corrected chi connectivity index (χ4v) is 3.99. The molecule has 0 aromatic heterocycles. The lowest BCUT2D eigenvalue weighted by molar-refractivity contribution is -0.138. The number of carbonyl (C=O) groups excluding carboxylic acids is 1. The van der Waals surface area contributed by atoms with Crippen molar-refractivity contribution in [2.75, 3.05) is 40.4 Å². The van der Waals surface area contributed by atoms with Crippen LogP contribution >= 0.6 is 0 Å². The fraction of sp³-hybridized carbons (Fsp3) is 0.944. The lowest BCUT2D eigenvalue weighted by atomic mass is 9.71. The molecule has 0 aromatic rings. The first-order chi connectivity index (χ1) is 10.3. The molecule has 0 unspecified atom stereocenters. The van der Waals surface area contributed by atoms with Gasteiger partial charge in [0.1, 0.15) is 0 Å². The molecular formula is C18H34N2O2. The second-order valence-electron chi connectivity index (χ2n) is 8.08. The van der Waals surface area contributed by atoms with E-state index in [0.29, 0.717) is 25.0 Å². The van der Waals surface area contributed by atoms with Gasteiger partial charge in [0.2, 0.25) is 0 Å². The first kappa shape index (κ1) is 17.9. The molecule has 0 spiro atoms. The Morgan fingerprint density at radius 3 is 2.14 bits per heavy atom. The molecule has 0 aromatic carbocycles. The Bertz CT molecular complexity index is 379. The Morgan fingerprint density at radius 1 is 1.14 bits per heavy atom. The van der Waals surface area contributed by atoms with E-state index in [1.165, 1.54) is 0 Å². The molecule has 0 N–H and O–H groups in total. The summed E-state index contributed by atoms with van der Waals surface area (Å²) < 4.78 is 5.50. The number of piperidine rings is 1. The average molecular weight is 310 g/mol. The van der Waals surface area contributed by atoms with Gasteiger partial charge in [-0.15, -0.1) is 0 Å². The van der Waals surface area contributed by atoms with E-state index in [1.54, 1.807) is 0 Å². The van der Waals surface area contributed by atoms with E-state index >= 15 is 0 Å². The summed E-state index contributed by atoms with van der Waals surface area (Å²) in [6.45, 7) is 10.5. The molecule has 2 saturated heterocycles. The topological polar surface area (TPSA) is 32.8 Å². The van der Waals surface area contributed by atoms with Gasteiger partial charge >= 0.3 is 0 Å². The molecule has 0 aliphatic carbocycles.